The molecule has 0 spiro atoms. The molecule has 0 fully saturated rings. The zero-order valence-electron chi connectivity index (χ0n) is 17.2. The SMILES string of the molecule is CN=C(NCCc1cccc(C(=O)N(C)C)c1)NCCc1ccc2c(c1)OCO2. The number of hydrogen-bond donors (Lipinski definition) is 2. The number of nitrogens with zero attached hydrogens (tertiary/aromatic N) is 2. The Hall–Kier alpha value is -3.22. The minimum atomic E-state index is 0.0146. The van der Waals surface area contributed by atoms with E-state index in [0.717, 1.165) is 49.0 Å². The Kier molecular flexibility index (Phi) is 6.94. The van der Waals surface area contributed by atoms with Crippen LogP contribution in [0, 0.1) is 0 Å². The van der Waals surface area contributed by atoms with Crippen LogP contribution in [0.4, 0.5) is 0 Å². The summed E-state index contributed by atoms with van der Waals surface area (Å²) in [5.41, 5.74) is 3.00. The Morgan fingerprint density at radius 3 is 2.38 bits per heavy atom. The van der Waals surface area contributed by atoms with Crippen LogP contribution in [-0.2, 0) is 12.8 Å². The van der Waals surface area contributed by atoms with Crippen LogP contribution in [0.25, 0.3) is 0 Å². The van der Waals surface area contributed by atoms with E-state index in [1.54, 1.807) is 26.0 Å². The first-order valence-electron chi connectivity index (χ1n) is 9.70. The molecule has 29 heavy (non-hydrogen) atoms. The van der Waals surface area contributed by atoms with Gasteiger partial charge in [-0.3, -0.25) is 9.79 Å². The topological polar surface area (TPSA) is 75.2 Å². The molecule has 0 atom stereocenters. The fourth-order valence-corrected chi connectivity index (χ4v) is 3.09. The second kappa shape index (κ2) is 9.82. The first kappa shape index (κ1) is 20.5. The van der Waals surface area contributed by atoms with Crippen molar-refractivity contribution in [2.75, 3.05) is 41.0 Å². The molecule has 7 nitrogen and oxygen atoms in total. The predicted octanol–water partition coefficient (Wildman–Crippen LogP) is 2.07. The Morgan fingerprint density at radius 1 is 1.00 bits per heavy atom. The molecule has 2 aromatic rings. The number of fused-ring (bicyclic) bond motifs is 1. The van der Waals surface area contributed by atoms with Gasteiger partial charge in [0.1, 0.15) is 0 Å². The van der Waals surface area contributed by atoms with Crippen LogP contribution in [-0.4, -0.2) is 57.8 Å². The maximum absolute atomic E-state index is 12.1. The smallest absolute Gasteiger partial charge is 0.253 e. The van der Waals surface area contributed by atoms with Gasteiger partial charge in [-0.05, 0) is 48.2 Å². The molecular formula is C22H28N4O3. The molecule has 0 saturated carbocycles. The zero-order valence-corrected chi connectivity index (χ0v) is 17.2. The number of aliphatic imine (C=N–C) groups is 1. The van der Waals surface area contributed by atoms with E-state index < -0.39 is 0 Å². The summed E-state index contributed by atoms with van der Waals surface area (Å²) in [6.45, 7) is 1.77. The Balaban J connectivity index is 1.43. The van der Waals surface area contributed by atoms with Gasteiger partial charge in [0.05, 0.1) is 0 Å². The maximum Gasteiger partial charge on any atom is 0.253 e. The predicted molar refractivity (Wildman–Crippen MR) is 114 cm³/mol. The summed E-state index contributed by atoms with van der Waals surface area (Å²) in [7, 11) is 5.28. The molecule has 0 aromatic heterocycles. The molecule has 1 aliphatic heterocycles. The van der Waals surface area contributed by atoms with Crippen LogP contribution in [0.5, 0.6) is 11.5 Å². The molecule has 0 radical (unpaired) electrons. The van der Waals surface area contributed by atoms with Gasteiger partial charge >= 0.3 is 0 Å². The Bertz CT molecular complexity index is 880. The first-order valence-corrected chi connectivity index (χ1v) is 9.70. The van der Waals surface area contributed by atoms with Crippen molar-refractivity contribution in [2.45, 2.75) is 12.8 Å². The summed E-state index contributed by atoms with van der Waals surface area (Å²) in [4.78, 5) is 17.9. The summed E-state index contributed by atoms with van der Waals surface area (Å²) >= 11 is 0. The third-order valence-corrected chi connectivity index (χ3v) is 4.65. The van der Waals surface area contributed by atoms with E-state index in [9.17, 15) is 4.79 Å². The monoisotopic (exact) mass is 396 g/mol. The van der Waals surface area contributed by atoms with E-state index in [0.29, 0.717) is 12.4 Å². The van der Waals surface area contributed by atoms with Crippen molar-refractivity contribution in [2.24, 2.45) is 4.99 Å². The minimum absolute atomic E-state index is 0.0146. The molecule has 0 aliphatic carbocycles. The van der Waals surface area contributed by atoms with Gasteiger partial charge in [-0.25, -0.2) is 0 Å². The van der Waals surface area contributed by atoms with Gasteiger partial charge in [-0.1, -0.05) is 18.2 Å². The van der Waals surface area contributed by atoms with Gasteiger partial charge in [-0.15, -0.1) is 0 Å². The summed E-state index contributed by atoms with van der Waals surface area (Å²) in [6.07, 6.45) is 1.66. The van der Waals surface area contributed by atoms with Crippen molar-refractivity contribution < 1.29 is 14.3 Å². The molecule has 1 heterocycles. The van der Waals surface area contributed by atoms with Crippen LogP contribution in [0.1, 0.15) is 21.5 Å². The molecule has 1 amide bonds. The maximum atomic E-state index is 12.1. The number of ether oxygens (including phenoxy) is 2. The van der Waals surface area contributed by atoms with Crippen LogP contribution >= 0.6 is 0 Å². The van der Waals surface area contributed by atoms with Gasteiger partial charge in [0.25, 0.3) is 5.91 Å². The lowest BCUT2D eigenvalue weighted by Crippen LogP contribution is -2.39. The lowest BCUT2D eigenvalue weighted by molar-refractivity contribution is 0.0827. The van der Waals surface area contributed by atoms with Crippen LogP contribution in [0.15, 0.2) is 47.5 Å². The molecule has 0 unspecified atom stereocenters. The summed E-state index contributed by atoms with van der Waals surface area (Å²) in [6, 6.07) is 13.7. The molecule has 154 valence electrons. The standard InChI is InChI=1S/C22H28N4O3/c1-23-22(25-12-10-17-7-8-19-20(14-17)29-15-28-19)24-11-9-16-5-4-6-18(13-16)21(27)26(2)3/h4-8,13-14H,9-12,15H2,1-3H3,(H2,23,24,25). The molecular weight excluding hydrogens is 368 g/mol. The molecule has 3 rings (SSSR count). The van der Waals surface area contributed by atoms with Crippen molar-refractivity contribution >= 4 is 11.9 Å². The van der Waals surface area contributed by atoms with E-state index in [2.05, 4.69) is 15.6 Å². The molecule has 2 N–H and O–H groups in total. The van der Waals surface area contributed by atoms with Crippen LogP contribution < -0.4 is 20.1 Å². The third kappa shape index (κ3) is 5.63. The quantitative estimate of drug-likeness (QED) is 0.554. The number of hydrogen-bond acceptors (Lipinski definition) is 4. The molecule has 7 heteroatoms. The van der Waals surface area contributed by atoms with Crippen molar-refractivity contribution in [1.29, 1.82) is 0 Å². The second-order valence-electron chi connectivity index (χ2n) is 7.01. The number of benzene rings is 2. The second-order valence-corrected chi connectivity index (χ2v) is 7.01. The van der Waals surface area contributed by atoms with Gasteiger partial charge < -0.3 is 25.0 Å². The fourth-order valence-electron chi connectivity index (χ4n) is 3.09. The lowest BCUT2D eigenvalue weighted by Gasteiger charge is -2.13. The molecule has 0 saturated heterocycles. The number of guanidine groups is 1. The van der Waals surface area contributed by atoms with E-state index >= 15 is 0 Å². The summed E-state index contributed by atoms with van der Waals surface area (Å²) < 4.78 is 10.8. The Morgan fingerprint density at radius 2 is 1.69 bits per heavy atom. The molecule has 0 bridgehead atoms. The van der Waals surface area contributed by atoms with Crippen molar-refractivity contribution in [1.82, 2.24) is 15.5 Å². The number of carbonyl (C=O) groups excluding carboxylic acids is 1. The van der Waals surface area contributed by atoms with Crippen LogP contribution in [0.2, 0.25) is 0 Å². The minimum Gasteiger partial charge on any atom is -0.454 e. The average Bonchev–Trinajstić information content (AvgIpc) is 3.20. The molecule has 1 aliphatic rings. The highest BCUT2D eigenvalue weighted by atomic mass is 16.7. The Labute approximate surface area is 171 Å². The largest absolute Gasteiger partial charge is 0.454 e. The first-order chi connectivity index (χ1) is 14.1. The molecule has 2 aromatic carbocycles. The number of rotatable bonds is 7. The van der Waals surface area contributed by atoms with Crippen LogP contribution in [0.3, 0.4) is 0 Å². The number of nitrogens with one attached hydrogen (secondary N) is 2. The van der Waals surface area contributed by atoms with E-state index in [-0.39, 0.29) is 5.91 Å². The van der Waals surface area contributed by atoms with Crippen molar-refractivity contribution in [3.8, 4) is 11.5 Å². The van der Waals surface area contributed by atoms with E-state index in [4.69, 9.17) is 9.47 Å². The highest BCUT2D eigenvalue weighted by Crippen LogP contribution is 2.32. The lowest BCUT2D eigenvalue weighted by atomic mass is 10.1. The van der Waals surface area contributed by atoms with Gasteiger partial charge in [0.2, 0.25) is 6.79 Å². The third-order valence-electron chi connectivity index (χ3n) is 4.65. The summed E-state index contributed by atoms with van der Waals surface area (Å²) in [5, 5.41) is 6.64. The highest BCUT2D eigenvalue weighted by Gasteiger charge is 2.13. The van der Waals surface area contributed by atoms with Gasteiger partial charge in [0, 0.05) is 39.8 Å². The fraction of sp³-hybridized carbons (Fsp3) is 0.364. The normalized spacial score (nSPS) is 12.6. The van der Waals surface area contributed by atoms with Gasteiger partial charge in [-0.2, -0.15) is 0 Å². The average molecular weight is 396 g/mol. The van der Waals surface area contributed by atoms with Crippen molar-refractivity contribution in [3.05, 3.63) is 59.2 Å². The summed E-state index contributed by atoms with van der Waals surface area (Å²) in [5.74, 6) is 2.38. The zero-order chi connectivity index (χ0) is 20.6. The number of carbonyl (C=O) groups is 1. The van der Waals surface area contributed by atoms with E-state index in [1.807, 2.05) is 42.5 Å². The van der Waals surface area contributed by atoms with Gasteiger partial charge in [0.15, 0.2) is 17.5 Å². The van der Waals surface area contributed by atoms with E-state index in [1.165, 1.54) is 5.56 Å². The number of amides is 1. The highest BCUT2D eigenvalue weighted by molar-refractivity contribution is 5.94. The van der Waals surface area contributed by atoms with Crippen molar-refractivity contribution in [3.63, 3.8) is 0 Å².